The molecule has 3 heteroatoms. The Morgan fingerprint density at radius 1 is 0.714 bits per heavy atom. The number of aliphatic hydroxyl groups is 3. The van der Waals surface area contributed by atoms with Gasteiger partial charge in [0.1, 0.15) is 0 Å². The topological polar surface area (TPSA) is 60.7 Å². The van der Waals surface area contributed by atoms with Crippen LogP contribution < -0.4 is 0 Å². The molecule has 0 bridgehead atoms. The van der Waals surface area contributed by atoms with E-state index in [-0.39, 0.29) is 0 Å². The predicted octanol–water partition coefficient (Wildman–Crippen LogP) is 3.32. The van der Waals surface area contributed by atoms with Gasteiger partial charge in [-0.25, -0.2) is 0 Å². The van der Waals surface area contributed by atoms with Gasteiger partial charge in [0.2, 0.25) is 0 Å². The lowest BCUT2D eigenvalue weighted by molar-refractivity contribution is 0.0501. The van der Waals surface area contributed by atoms with Crippen molar-refractivity contribution in [3.63, 3.8) is 0 Å². The molecular formula is C18H30O3. The van der Waals surface area contributed by atoms with Crippen molar-refractivity contribution in [1.82, 2.24) is 0 Å². The van der Waals surface area contributed by atoms with Crippen LogP contribution in [0.1, 0.15) is 77.1 Å². The van der Waals surface area contributed by atoms with E-state index >= 15 is 0 Å². The standard InChI is InChI=1S/C18H30O3/c1-8-9-12-10-14(17(4,5)20)15(18(6,7)21)11-13(12)16(2,3)19/h10-11,19-21H,8-9H2,1-7H3. The Kier molecular flexibility index (Phi) is 4.94. The van der Waals surface area contributed by atoms with E-state index in [1.54, 1.807) is 41.5 Å². The van der Waals surface area contributed by atoms with E-state index < -0.39 is 16.8 Å². The van der Waals surface area contributed by atoms with Gasteiger partial charge in [-0.2, -0.15) is 0 Å². The molecule has 0 aliphatic rings. The average Bonchev–Trinajstić information content (AvgIpc) is 2.24. The number of hydrogen-bond acceptors (Lipinski definition) is 3. The molecule has 1 aromatic carbocycles. The molecule has 3 nitrogen and oxygen atoms in total. The van der Waals surface area contributed by atoms with Gasteiger partial charge in [-0.1, -0.05) is 19.4 Å². The summed E-state index contributed by atoms with van der Waals surface area (Å²) >= 11 is 0. The highest BCUT2D eigenvalue weighted by molar-refractivity contribution is 5.45. The van der Waals surface area contributed by atoms with Crippen LogP contribution in [0.15, 0.2) is 12.1 Å². The number of benzene rings is 1. The van der Waals surface area contributed by atoms with E-state index in [1.165, 1.54) is 0 Å². The third-order valence-electron chi connectivity index (χ3n) is 3.74. The maximum atomic E-state index is 10.5. The van der Waals surface area contributed by atoms with Crippen LogP contribution in [-0.4, -0.2) is 15.3 Å². The molecule has 120 valence electrons. The van der Waals surface area contributed by atoms with E-state index in [1.807, 2.05) is 12.1 Å². The fourth-order valence-electron chi connectivity index (χ4n) is 2.70. The van der Waals surface area contributed by atoms with Crippen molar-refractivity contribution in [2.45, 2.75) is 78.1 Å². The zero-order valence-electron chi connectivity index (χ0n) is 14.4. The molecule has 0 radical (unpaired) electrons. The first-order valence-electron chi connectivity index (χ1n) is 7.64. The Balaban J connectivity index is 3.71. The SMILES string of the molecule is CCCc1cc(C(C)(C)O)c(C(C)(C)O)cc1C(C)(C)O. The monoisotopic (exact) mass is 294 g/mol. The molecule has 1 rings (SSSR count). The minimum Gasteiger partial charge on any atom is -0.386 e. The molecule has 0 heterocycles. The molecule has 21 heavy (non-hydrogen) atoms. The second-order valence-electron chi connectivity index (χ2n) is 7.48. The van der Waals surface area contributed by atoms with Crippen LogP contribution in [0.3, 0.4) is 0 Å². The van der Waals surface area contributed by atoms with Gasteiger partial charge in [0, 0.05) is 0 Å². The summed E-state index contributed by atoms with van der Waals surface area (Å²) in [5, 5.41) is 31.3. The van der Waals surface area contributed by atoms with Crippen LogP contribution >= 0.6 is 0 Å². The maximum Gasteiger partial charge on any atom is 0.0844 e. The van der Waals surface area contributed by atoms with Crippen LogP contribution in [0.2, 0.25) is 0 Å². The van der Waals surface area contributed by atoms with Crippen molar-refractivity contribution in [2.24, 2.45) is 0 Å². The Morgan fingerprint density at radius 3 is 1.43 bits per heavy atom. The summed E-state index contributed by atoms with van der Waals surface area (Å²) in [6.45, 7) is 12.4. The molecule has 0 spiro atoms. The van der Waals surface area contributed by atoms with E-state index in [4.69, 9.17) is 0 Å². The largest absolute Gasteiger partial charge is 0.386 e. The van der Waals surface area contributed by atoms with Crippen LogP contribution in [0.4, 0.5) is 0 Å². The summed E-state index contributed by atoms with van der Waals surface area (Å²) in [6, 6.07) is 3.78. The quantitative estimate of drug-likeness (QED) is 0.780. The molecule has 0 saturated heterocycles. The van der Waals surface area contributed by atoms with Gasteiger partial charge in [0.25, 0.3) is 0 Å². The first-order chi connectivity index (χ1) is 9.28. The lowest BCUT2D eigenvalue weighted by Gasteiger charge is -2.32. The second kappa shape index (κ2) is 5.71. The Morgan fingerprint density at radius 2 is 1.10 bits per heavy atom. The minimum absolute atomic E-state index is 0.659. The molecule has 1 aromatic rings. The van der Waals surface area contributed by atoms with Crippen molar-refractivity contribution in [3.05, 3.63) is 34.4 Å². The molecule has 0 fully saturated rings. The van der Waals surface area contributed by atoms with Gasteiger partial charge in [0.05, 0.1) is 16.8 Å². The van der Waals surface area contributed by atoms with Gasteiger partial charge in [0.15, 0.2) is 0 Å². The molecular weight excluding hydrogens is 264 g/mol. The van der Waals surface area contributed by atoms with E-state index in [0.717, 1.165) is 24.0 Å². The number of aryl methyl sites for hydroxylation is 1. The molecule has 3 N–H and O–H groups in total. The summed E-state index contributed by atoms with van der Waals surface area (Å²) in [5.41, 5.74) is 0.0987. The fraction of sp³-hybridized carbons (Fsp3) is 0.667. The van der Waals surface area contributed by atoms with Crippen molar-refractivity contribution in [2.75, 3.05) is 0 Å². The zero-order valence-corrected chi connectivity index (χ0v) is 14.4. The maximum absolute atomic E-state index is 10.5. The molecule has 0 aromatic heterocycles. The van der Waals surface area contributed by atoms with Crippen LogP contribution in [0.25, 0.3) is 0 Å². The first-order valence-corrected chi connectivity index (χ1v) is 7.64. The summed E-state index contributed by atoms with van der Waals surface area (Å²) in [7, 11) is 0. The first kappa shape index (κ1) is 18.1. The molecule has 0 saturated carbocycles. The zero-order chi connectivity index (χ0) is 16.6. The van der Waals surface area contributed by atoms with Crippen molar-refractivity contribution >= 4 is 0 Å². The van der Waals surface area contributed by atoms with E-state index in [2.05, 4.69) is 6.92 Å². The smallest absolute Gasteiger partial charge is 0.0844 e. The minimum atomic E-state index is -1.08. The Hall–Kier alpha value is -0.900. The third kappa shape index (κ3) is 4.29. The lowest BCUT2D eigenvalue weighted by atomic mass is 9.79. The van der Waals surface area contributed by atoms with Gasteiger partial charge in [-0.05, 0) is 76.3 Å². The van der Waals surface area contributed by atoms with Crippen LogP contribution in [0.5, 0.6) is 0 Å². The molecule has 0 unspecified atom stereocenters. The molecule has 0 aliphatic heterocycles. The third-order valence-corrected chi connectivity index (χ3v) is 3.74. The number of rotatable bonds is 5. The van der Waals surface area contributed by atoms with E-state index in [0.29, 0.717) is 11.1 Å². The summed E-state index contributed by atoms with van der Waals surface area (Å²) in [4.78, 5) is 0. The highest BCUT2D eigenvalue weighted by Gasteiger charge is 2.31. The van der Waals surface area contributed by atoms with Gasteiger partial charge < -0.3 is 15.3 Å². The van der Waals surface area contributed by atoms with Gasteiger partial charge >= 0.3 is 0 Å². The Labute approximate surface area is 128 Å². The molecule has 0 amide bonds. The number of hydrogen-bond donors (Lipinski definition) is 3. The second-order valence-corrected chi connectivity index (χ2v) is 7.48. The van der Waals surface area contributed by atoms with Crippen molar-refractivity contribution in [3.8, 4) is 0 Å². The van der Waals surface area contributed by atoms with Crippen molar-refractivity contribution < 1.29 is 15.3 Å². The van der Waals surface area contributed by atoms with Gasteiger partial charge in [-0.15, -0.1) is 0 Å². The van der Waals surface area contributed by atoms with E-state index in [9.17, 15) is 15.3 Å². The summed E-state index contributed by atoms with van der Waals surface area (Å²) in [6.07, 6.45) is 1.78. The Bertz CT molecular complexity index is 497. The molecule has 0 atom stereocenters. The van der Waals surface area contributed by atoms with Crippen molar-refractivity contribution in [1.29, 1.82) is 0 Å². The lowest BCUT2D eigenvalue weighted by Crippen LogP contribution is -2.28. The summed E-state index contributed by atoms with van der Waals surface area (Å²) < 4.78 is 0. The normalized spacial score (nSPS) is 13.6. The van der Waals surface area contributed by atoms with Crippen LogP contribution in [-0.2, 0) is 23.2 Å². The van der Waals surface area contributed by atoms with Gasteiger partial charge in [-0.3, -0.25) is 0 Å². The predicted molar refractivity (Wildman–Crippen MR) is 86.2 cm³/mol. The average molecular weight is 294 g/mol. The highest BCUT2D eigenvalue weighted by atomic mass is 16.3. The summed E-state index contributed by atoms with van der Waals surface area (Å²) in [5.74, 6) is 0. The van der Waals surface area contributed by atoms with Crippen LogP contribution in [0, 0.1) is 0 Å². The fourth-order valence-corrected chi connectivity index (χ4v) is 2.70. The molecule has 0 aliphatic carbocycles. The highest BCUT2D eigenvalue weighted by Crippen LogP contribution is 2.37.